The molecule has 0 aromatic heterocycles. The monoisotopic (exact) mass is 429 g/mol. The van der Waals surface area contributed by atoms with E-state index in [0.717, 1.165) is 77.2 Å². The molecule has 1 saturated heterocycles. The first kappa shape index (κ1) is 26.9. The highest BCUT2D eigenvalue weighted by Crippen LogP contribution is 2.11. The summed E-state index contributed by atoms with van der Waals surface area (Å²) >= 11 is 1.51. The third-order valence-electron chi connectivity index (χ3n) is 5.84. The van der Waals surface area contributed by atoms with E-state index in [1.807, 2.05) is 0 Å². The fourth-order valence-electron chi connectivity index (χ4n) is 3.74. The number of aliphatic hydroxyl groups excluding tert-OH is 1. The van der Waals surface area contributed by atoms with Gasteiger partial charge in [-0.2, -0.15) is 0 Å². The Kier molecular flexibility index (Phi) is 17.3. The third kappa shape index (κ3) is 15.3. The Bertz CT molecular complexity index is 390. The molecule has 0 radical (unpaired) electrons. The molecule has 29 heavy (non-hydrogen) atoms. The lowest BCUT2D eigenvalue weighted by atomic mass is 10.1. The molecule has 5 nitrogen and oxygen atoms in total. The predicted molar refractivity (Wildman–Crippen MR) is 127 cm³/mol. The number of carbonyl (C=O) groups excluding carboxylic acids is 1. The van der Waals surface area contributed by atoms with E-state index in [1.54, 1.807) is 0 Å². The number of hydrogen-bond donors (Lipinski definition) is 2. The Hall–Kier alpha value is -0.140. The highest BCUT2D eigenvalue weighted by Gasteiger charge is 2.15. The van der Waals surface area contributed by atoms with Gasteiger partial charge in [0.2, 0.25) is 0 Å². The fraction of sp³-hybridized carbons (Fsp3) is 0.957. The third-order valence-corrected chi connectivity index (χ3v) is 6.75. The van der Waals surface area contributed by atoms with Crippen molar-refractivity contribution in [3.05, 3.63) is 0 Å². The van der Waals surface area contributed by atoms with Crippen LogP contribution in [0.25, 0.3) is 0 Å². The first-order chi connectivity index (χ1) is 14.2. The zero-order chi connectivity index (χ0) is 21.2. The van der Waals surface area contributed by atoms with Gasteiger partial charge in [-0.1, -0.05) is 64.1 Å². The minimum Gasteiger partial charge on any atom is -0.392 e. The van der Waals surface area contributed by atoms with Crippen molar-refractivity contribution in [2.75, 3.05) is 58.1 Å². The summed E-state index contributed by atoms with van der Waals surface area (Å²) in [6, 6.07) is 0. The van der Waals surface area contributed by atoms with Gasteiger partial charge in [0.15, 0.2) is 5.12 Å². The number of likely N-dealkylation sites (N-methyl/N-ethyl adjacent to an activating group) is 1. The van der Waals surface area contributed by atoms with Gasteiger partial charge in [-0.15, -0.1) is 0 Å². The normalized spacial score (nSPS) is 16.9. The summed E-state index contributed by atoms with van der Waals surface area (Å²) in [4.78, 5) is 17.0. The molecule has 1 unspecified atom stereocenters. The minimum absolute atomic E-state index is 0.224. The smallest absolute Gasteiger partial charge is 0.188 e. The standard InChI is InChI=1S/C23H47N3O2S/c1-3-5-6-7-8-9-12-22(27)21-24-14-11-10-13-23(28)29-20-19-26-17-15-25(4-2)16-18-26/h22,24,27H,3-21H2,1-2H3. The maximum absolute atomic E-state index is 12.0. The van der Waals surface area contributed by atoms with Crippen LogP contribution in [-0.4, -0.2) is 84.2 Å². The second kappa shape index (κ2) is 18.6. The molecule has 1 aliphatic heterocycles. The summed E-state index contributed by atoms with van der Waals surface area (Å²) < 4.78 is 0. The summed E-state index contributed by atoms with van der Waals surface area (Å²) in [6.07, 6.45) is 10.9. The lowest BCUT2D eigenvalue weighted by molar-refractivity contribution is -0.111. The number of nitrogens with one attached hydrogen (secondary N) is 1. The number of thioether (sulfide) groups is 1. The van der Waals surface area contributed by atoms with Gasteiger partial charge in [-0.25, -0.2) is 0 Å². The fourth-order valence-corrected chi connectivity index (χ4v) is 4.61. The summed E-state index contributed by atoms with van der Waals surface area (Å²) in [5.41, 5.74) is 0. The van der Waals surface area contributed by atoms with Crippen LogP contribution in [-0.2, 0) is 4.79 Å². The van der Waals surface area contributed by atoms with E-state index < -0.39 is 0 Å². The Morgan fingerprint density at radius 2 is 1.66 bits per heavy atom. The first-order valence-corrected chi connectivity index (χ1v) is 13.1. The van der Waals surface area contributed by atoms with Crippen molar-refractivity contribution in [2.45, 2.75) is 84.2 Å². The molecule has 0 spiro atoms. The van der Waals surface area contributed by atoms with E-state index in [-0.39, 0.29) is 6.10 Å². The number of aliphatic hydroxyl groups is 1. The lowest BCUT2D eigenvalue weighted by Crippen LogP contribution is -2.46. The average molecular weight is 430 g/mol. The molecule has 0 aliphatic carbocycles. The van der Waals surface area contributed by atoms with Crippen LogP contribution in [0.3, 0.4) is 0 Å². The van der Waals surface area contributed by atoms with Crippen LogP contribution < -0.4 is 5.32 Å². The van der Waals surface area contributed by atoms with Crippen molar-refractivity contribution < 1.29 is 9.90 Å². The van der Waals surface area contributed by atoms with Crippen LogP contribution in [0.5, 0.6) is 0 Å². The molecule has 1 heterocycles. The highest BCUT2D eigenvalue weighted by atomic mass is 32.2. The number of piperazine rings is 1. The number of carbonyl (C=O) groups is 1. The molecular weight excluding hydrogens is 382 g/mol. The van der Waals surface area contributed by atoms with Crippen molar-refractivity contribution in [3.63, 3.8) is 0 Å². The Morgan fingerprint density at radius 1 is 0.966 bits per heavy atom. The molecule has 0 aromatic rings. The van der Waals surface area contributed by atoms with E-state index in [0.29, 0.717) is 18.1 Å². The van der Waals surface area contributed by atoms with Gasteiger partial charge in [0.25, 0.3) is 0 Å². The molecular formula is C23H47N3O2S. The van der Waals surface area contributed by atoms with Crippen molar-refractivity contribution in [1.82, 2.24) is 15.1 Å². The Labute approximate surface area is 184 Å². The average Bonchev–Trinajstić information content (AvgIpc) is 2.73. The quantitative estimate of drug-likeness (QED) is 0.324. The Balaban J connectivity index is 1.85. The van der Waals surface area contributed by atoms with Crippen LogP contribution >= 0.6 is 11.8 Å². The largest absolute Gasteiger partial charge is 0.392 e. The topological polar surface area (TPSA) is 55.8 Å². The Morgan fingerprint density at radius 3 is 2.38 bits per heavy atom. The molecule has 0 aromatic carbocycles. The SMILES string of the molecule is CCCCCCCCC(O)CNCCCCC(=O)SCCN1CCN(CC)CC1. The van der Waals surface area contributed by atoms with Crippen molar-refractivity contribution >= 4 is 16.9 Å². The zero-order valence-electron chi connectivity index (χ0n) is 19.2. The van der Waals surface area contributed by atoms with Gasteiger partial charge < -0.3 is 15.3 Å². The van der Waals surface area contributed by atoms with Crippen LogP contribution in [0.2, 0.25) is 0 Å². The lowest BCUT2D eigenvalue weighted by Gasteiger charge is -2.33. The summed E-state index contributed by atoms with van der Waals surface area (Å²) in [5.74, 6) is 0.924. The summed E-state index contributed by atoms with van der Waals surface area (Å²) in [5, 5.41) is 13.7. The summed E-state index contributed by atoms with van der Waals surface area (Å²) in [7, 11) is 0. The molecule has 1 aliphatic rings. The molecule has 1 rings (SSSR count). The van der Waals surface area contributed by atoms with E-state index in [9.17, 15) is 9.90 Å². The van der Waals surface area contributed by atoms with Crippen molar-refractivity contribution in [1.29, 1.82) is 0 Å². The van der Waals surface area contributed by atoms with Crippen LogP contribution in [0.15, 0.2) is 0 Å². The molecule has 0 saturated carbocycles. The molecule has 1 atom stereocenters. The summed E-state index contributed by atoms with van der Waals surface area (Å²) in [6.45, 7) is 12.8. The van der Waals surface area contributed by atoms with E-state index in [2.05, 4.69) is 29.0 Å². The van der Waals surface area contributed by atoms with Crippen LogP contribution in [0.1, 0.15) is 78.1 Å². The maximum atomic E-state index is 12.0. The van der Waals surface area contributed by atoms with Gasteiger partial charge in [0, 0.05) is 51.4 Å². The van der Waals surface area contributed by atoms with Crippen LogP contribution in [0.4, 0.5) is 0 Å². The van der Waals surface area contributed by atoms with Gasteiger partial charge >= 0.3 is 0 Å². The molecule has 0 amide bonds. The van der Waals surface area contributed by atoms with Gasteiger partial charge in [0.1, 0.15) is 0 Å². The molecule has 0 bridgehead atoms. The van der Waals surface area contributed by atoms with E-state index in [1.165, 1.54) is 43.9 Å². The van der Waals surface area contributed by atoms with Crippen LogP contribution in [0, 0.1) is 0 Å². The predicted octanol–water partition coefficient (Wildman–Crippen LogP) is 3.76. The highest BCUT2D eigenvalue weighted by molar-refractivity contribution is 8.13. The number of unbranched alkanes of at least 4 members (excludes halogenated alkanes) is 6. The minimum atomic E-state index is -0.224. The molecule has 6 heteroatoms. The van der Waals surface area contributed by atoms with Crippen molar-refractivity contribution in [3.8, 4) is 0 Å². The molecule has 2 N–H and O–H groups in total. The second-order valence-electron chi connectivity index (χ2n) is 8.37. The second-order valence-corrected chi connectivity index (χ2v) is 9.52. The van der Waals surface area contributed by atoms with E-state index in [4.69, 9.17) is 0 Å². The maximum Gasteiger partial charge on any atom is 0.188 e. The van der Waals surface area contributed by atoms with Gasteiger partial charge in [-0.05, 0) is 32.4 Å². The molecule has 172 valence electrons. The van der Waals surface area contributed by atoms with Gasteiger partial charge in [-0.3, -0.25) is 9.69 Å². The van der Waals surface area contributed by atoms with E-state index >= 15 is 0 Å². The number of nitrogens with zero attached hydrogens (tertiary/aromatic N) is 2. The van der Waals surface area contributed by atoms with Crippen molar-refractivity contribution in [2.24, 2.45) is 0 Å². The first-order valence-electron chi connectivity index (χ1n) is 12.1. The number of rotatable bonds is 18. The molecule has 1 fully saturated rings. The zero-order valence-corrected chi connectivity index (χ0v) is 20.0. The number of hydrogen-bond acceptors (Lipinski definition) is 6. The van der Waals surface area contributed by atoms with Gasteiger partial charge in [0.05, 0.1) is 6.10 Å².